The lowest BCUT2D eigenvalue weighted by Gasteiger charge is -2.13. The summed E-state index contributed by atoms with van der Waals surface area (Å²) in [6, 6.07) is 2.02. The molecule has 0 aromatic carbocycles. The van der Waals surface area contributed by atoms with E-state index in [4.69, 9.17) is 0 Å². The van der Waals surface area contributed by atoms with Gasteiger partial charge in [-0.3, -0.25) is 4.68 Å². The second-order valence-electron chi connectivity index (χ2n) is 4.51. The lowest BCUT2D eigenvalue weighted by Crippen LogP contribution is -2.08. The van der Waals surface area contributed by atoms with Crippen LogP contribution in [0.4, 0.5) is 5.82 Å². The van der Waals surface area contributed by atoms with Crippen LogP contribution < -0.4 is 5.32 Å². The molecule has 0 aliphatic rings. The molecule has 102 valence electrons. The van der Waals surface area contributed by atoms with Gasteiger partial charge in [0.2, 0.25) is 0 Å². The van der Waals surface area contributed by atoms with Gasteiger partial charge in [-0.25, -0.2) is 9.97 Å². The van der Waals surface area contributed by atoms with Crippen molar-refractivity contribution < 1.29 is 0 Å². The quantitative estimate of drug-likeness (QED) is 0.897. The molecule has 0 aliphatic carbocycles. The van der Waals surface area contributed by atoms with Crippen molar-refractivity contribution in [2.75, 3.05) is 12.4 Å². The zero-order valence-electron chi connectivity index (χ0n) is 12.1. The van der Waals surface area contributed by atoms with Crippen molar-refractivity contribution in [1.29, 1.82) is 0 Å². The smallest absolute Gasteiger partial charge is 0.133 e. The van der Waals surface area contributed by atoms with E-state index < -0.39 is 0 Å². The molecular weight excluding hydrogens is 238 g/mol. The Balaban J connectivity index is 2.57. The minimum atomic E-state index is 0.823. The molecule has 2 aromatic heterocycles. The molecule has 0 bridgehead atoms. The van der Waals surface area contributed by atoms with Gasteiger partial charge >= 0.3 is 0 Å². The first-order chi connectivity index (χ1) is 9.21. The number of rotatable bonds is 5. The summed E-state index contributed by atoms with van der Waals surface area (Å²) in [5.41, 5.74) is 3.10. The molecule has 0 unspecified atom stereocenters. The maximum Gasteiger partial charge on any atom is 0.133 e. The van der Waals surface area contributed by atoms with Crippen LogP contribution in [0, 0.1) is 6.92 Å². The molecule has 5 nitrogen and oxygen atoms in total. The van der Waals surface area contributed by atoms with E-state index >= 15 is 0 Å². The van der Waals surface area contributed by atoms with Crippen LogP contribution in [0.3, 0.4) is 0 Å². The molecular formula is C14H21N5. The summed E-state index contributed by atoms with van der Waals surface area (Å²) in [6.07, 6.45) is 3.71. The molecule has 0 saturated heterocycles. The summed E-state index contributed by atoms with van der Waals surface area (Å²) in [5.74, 6) is 1.75. The zero-order valence-corrected chi connectivity index (χ0v) is 12.1. The molecule has 2 aromatic rings. The van der Waals surface area contributed by atoms with Gasteiger partial charge in [-0.05, 0) is 19.4 Å². The van der Waals surface area contributed by atoms with Crippen LogP contribution in [0.1, 0.15) is 31.7 Å². The predicted molar refractivity (Wildman–Crippen MR) is 77.2 cm³/mol. The van der Waals surface area contributed by atoms with E-state index in [-0.39, 0.29) is 0 Å². The second kappa shape index (κ2) is 5.82. The minimum Gasteiger partial charge on any atom is -0.373 e. The summed E-state index contributed by atoms with van der Waals surface area (Å²) in [7, 11) is 1.89. The van der Waals surface area contributed by atoms with Crippen LogP contribution in [0.2, 0.25) is 0 Å². The van der Waals surface area contributed by atoms with Gasteiger partial charge in [-0.2, -0.15) is 5.10 Å². The molecule has 1 N–H and O–H groups in total. The molecule has 0 radical (unpaired) electrons. The van der Waals surface area contributed by atoms with E-state index in [1.165, 1.54) is 0 Å². The number of hydrogen-bond acceptors (Lipinski definition) is 4. The maximum absolute atomic E-state index is 4.67. The van der Waals surface area contributed by atoms with Gasteiger partial charge in [0.15, 0.2) is 0 Å². The Morgan fingerprint density at radius 2 is 2.05 bits per heavy atom. The molecule has 5 heteroatoms. The van der Waals surface area contributed by atoms with Gasteiger partial charge in [0.1, 0.15) is 11.6 Å². The van der Waals surface area contributed by atoms with Crippen molar-refractivity contribution >= 4 is 5.82 Å². The van der Waals surface area contributed by atoms with E-state index in [0.717, 1.165) is 48.0 Å². The summed E-state index contributed by atoms with van der Waals surface area (Å²) in [6.45, 7) is 7.16. The van der Waals surface area contributed by atoms with Crippen molar-refractivity contribution in [3.05, 3.63) is 23.7 Å². The number of aromatic nitrogens is 4. The first-order valence-electron chi connectivity index (χ1n) is 6.78. The molecule has 0 spiro atoms. The molecule has 2 rings (SSSR count). The van der Waals surface area contributed by atoms with Crippen molar-refractivity contribution in [3.8, 4) is 11.4 Å². The molecule has 0 amide bonds. The van der Waals surface area contributed by atoms with Crippen LogP contribution in [0.25, 0.3) is 11.4 Å². The van der Waals surface area contributed by atoms with Crippen LogP contribution in [0.5, 0.6) is 0 Å². The highest BCUT2D eigenvalue weighted by molar-refractivity contribution is 5.65. The largest absolute Gasteiger partial charge is 0.373 e. The molecule has 0 saturated carbocycles. The van der Waals surface area contributed by atoms with Crippen LogP contribution in [0.15, 0.2) is 12.3 Å². The van der Waals surface area contributed by atoms with Crippen LogP contribution >= 0.6 is 0 Å². The average molecular weight is 259 g/mol. The number of hydrogen-bond donors (Lipinski definition) is 1. The van der Waals surface area contributed by atoms with E-state index in [0.29, 0.717) is 0 Å². The summed E-state index contributed by atoms with van der Waals surface area (Å²) < 4.78 is 2.01. The third-order valence-electron chi connectivity index (χ3n) is 3.14. The summed E-state index contributed by atoms with van der Waals surface area (Å²) in [4.78, 5) is 9.18. The fourth-order valence-corrected chi connectivity index (χ4v) is 2.14. The van der Waals surface area contributed by atoms with E-state index in [1.54, 1.807) is 0 Å². The van der Waals surface area contributed by atoms with Gasteiger partial charge in [-0.1, -0.05) is 13.8 Å². The topological polar surface area (TPSA) is 55.6 Å². The second-order valence-corrected chi connectivity index (χ2v) is 4.51. The van der Waals surface area contributed by atoms with Crippen LogP contribution in [-0.2, 0) is 13.0 Å². The van der Waals surface area contributed by atoms with Gasteiger partial charge < -0.3 is 5.32 Å². The van der Waals surface area contributed by atoms with E-state index in [2.05, 4.69) is 34.2 Å². The van der Waals surface area contributed by atoms with E-state index in [1.807, 2.05) is 30.9 Å². The summed E-state index contributed by atoms with van der Waals surface area (Å²) >= 11 is 0. The molecule has 2 heterocycles. The number of anilines is 1. The Bertz CT molecular complexity index is 559. The first kappa shape index (κ1) is 13.5. The SMILES string of the molecule is CCCn1nccc1-c1nc(CC)nc(NC)c1C. The molecule has 0 fully saturated rings. The van der Waals surface area contributed by atoms with Gasteiger partial charge in [-0.15, -0.1) is 0 Å². The predicted octanol–water partition coefficient (Wildman–Crippen LogP) is 2.66. The van der Waals surface area contributed by atoms with Gasteiger partial charge in [0.05, 0.1) is 11.4 Å². The lowest BCUT2D eigenvalue weighted by atomic mass is 10.1. The third kappa shape index (κ3) is 2.59. The number of nitrogens with zero attached hydrogens (tertiary/aromatic N) is 4. The Kier molecular flexibility index (Phi) is 4.14. The van der Waals surface area contributed by atoms with Gasteiger partial charge in [0.25, 0.3) is 0 Å². The zero-order chi connectivity index (χ0) is 13.8. The fraction of sp³-hybridized carbons (Fsp3) is 0.500. The summed E-state index contributed by atoms with van der Waals surface area (Å²) in [5, 5.41) is 7.51. The Hall–Kier alpha value is -1.91. The first-order valence-corrected chi connectivity index (χ1v) is 6.78. The molecule has 0 atom stereocenters. The van der Waals surface area contributed by atoms with Crippen molar-refractivity contribution in [3.63, 3.8) is 0 Å². The van der Waals surface area contributed by atoms with Crippen molar-refractivity contribution in [2.45, 2.75) is 40.2 Å². The lowest BCUT2D eigenvalue weighted by molar-refractivity contribution is 0.607. The Morgan fingerprint density at radius 1 is 1.26 bits per heavy atom. The minimum absolute atomic E-state index is 0.823. The third-order valence-corrected chi connectivity index (χ3v) is 3.14. The average Bonchev–Trinajstić information content (AvgIpc) is 2.87. The van der Waals surface area contributed by atoms with E-state index in [9.17, 15) is 0 Å². The normalized spacial score (nSPS) is 10.7. The highest BCUT2D eigenvalue weighted by Gasteiger charge is 2.14. The standard InChI is InChI=1S/C14H21N5/c1-5-9-19-11(7-8-16-19)13-10(3)14(15-4)18-12(6-2)17-13/h7-8H,5-6,9H2,1-4H3,(H,15,17,18). The van der Waals surface area contributed by atoms with Crippen molar-refractivity contribution in [1.82, 2.24) is 19.7 Å². The monoisotopic (exact) mass is 259 g/mol. The highest BCUT2D eigenvalue weighted by atomic mass is 15.3. The maximum atomic E-state index is 4.67. The highest BCUT2D eigenvalue weighted by Crippen LogP contribution is 2.25. The van der Waals surface area contributed by atoms with Crippen molar-refractivity contribution in [2.24, 2.45) is 0 Å². The Morgan fingerprint density at radius 3 is 2.68 bits per heavy atom. The molecule has 19 heavy (non-hydrogen) atoms. The number of aryl methyl sites for hydroxylation is 2. The number of nitrogens with one attached hydrogen (secondary N) is 1. The van der Waals surface area contributed by atoms with Crippen LogP contribution in [-0.4, -0.2) is 26.8 Å². The molecule has 0 aliphatic heterocycles. The fourth-order valence-electron chi connectivity index (χ4n) is 2.14. The van der Waals surface area contributed by atoms with Gasteiger partial charge in [0, 0.05) is 31.8 Å². The Labute approximate surface area is 114 Å².